The van der Waals surface area contributed by atoms with E-state index in [0.29, 0.717) is 12.8 Å². The van der Waals surface area contributed by atoms with E-state index < -0.39 is 20.0 Å². The van der Waals surface area contributed by atoms with Crippen molar-refractivity contribution in [3.8, 4) is 0 Å². The molecule has 0 aliphatic carbocycles. The summed E-state index contributed by atoms with van der Waals surface area (Å²) in [5.74, 6) is -0.168. The van der Waals surface area contributed by atoms with E-state index in [2.05, 4.69) is 31.3 Å². The van der Waals surface area contributed by atoms with Crippen molar-refractivity contribution < 1.29 is 28.4 Å². The first kappa shape index (κ1) is 51.2. The first-order chi connectivity index (χ1) is 25.4. The molecule has 0 rings (SSSR count). The molecule has 310 valence electrons. The molecule has 0 aliphatic heterocycles. The van der Waals surface area contributed by atoms with E-state index in [1.807, 2.05) is 0 Å². The maximum absolute atomic E-state index is 12.8. The lowest BCUT2D eigenvalue weighted by Crippen LogP contribution is -2.46. The van der Waals surface area contributed by atoms with Crippen molar-refractivity contribution >= 4 is 13.7 Å². The first-order valence-electron chi connectivity index (χ1n) is 22.3. The number of hydrogen-bond donors (Lipinski definition) is 4. The molecule has 0 spiro atoms. The van der Waals surface area contributed by atoms with Crippen molar-refractivity contribution in [2.75, 3.05) is 19.8 Å². The Labute approximate surface area is 322 Å². The van der Waals surface area contributed by atoms with E-state index in [1.54, 1.807) is 0 Å². The van der Waals surface area contributed by atoms with Gasteiger partial charge in [0.05, 0.1) is 25.4 Å². The third-order valence-electron chi connectivity index (χ3n) is 10.1. The fourth-order valence-electron chi connectivity index (χ4n) is 6.72. The van der Waals surface area contributed by atoms with Crippen molar-refractivity contribution in [1.82, 2.24) is 5.32 Å². The summed E-state index contributed by atoms with van der Waals surface area (Å²) in [6.07, 6.45) is 43.6. The lowest BCUT2D eigenvalue weighted by atomic mass is 10.0. The van der Waals surface area contributed by atoms with Crippen LogP contribution in [0.25, 0.3) is 0 Å². The summed E-state index contributed by atoms with van der Waals surface area (Å²) in [6.45, 7) is 4.21. The van der Waals surface area contributed by atoms with Gasteiger partial charge in [0, 0.05) is 13.0 Å². The quantitative estimate of drug-likeness (QED) is 0.0277. The van der Waals surface area contributed by atoms with Gasteiger partial charge in [0.2, 0.25) is 5.91 Å². The van der Waals surface area contributed by atoms with Gasteiger partial charge in [-0.15, -0.1) is 0 Å². The molecule has 5 N–H and O–H groups in total. The van der Waals surface area contributed by atoms with Crippen LogP contribution in [0.3, 0.4) is 0 Å². The summed E-state index contributed by atoms with van der Waals surface area (Å²) in [6, 6.07) is -0.775. The van der Waals surface area contributed by atoms with Crippen LogP contribution in [0.1, 0.15) is 226 Å². The number of nitrogens with two attached hydrogens (primary N) is 1. The number of aliphatic hydroxyl groups excluding tert-OH is 1. The molecule has 3 unspecified atom stereocenters. The van der Waals surface area contributed by atoms with Crippen LogP contribution < -0.4 is 11.1 Å². The summed E-state index contributed by atoms with van der Waals surface area (Å²) in [4.78, 5) is 22.7. The minimum absolute atomic E-state index is 0.0893. The van der Waals surface area contributed by atoms with Gasteiger partial charge < -0.3 is 21.1 Å². The van der Waals surface area contributed by atoms with Crippen LogP contribution in [-0.2, 0) is 18.4 Å². The monoisotopic (exact) mass is 759 g/mol. The lowest BCUT2D eigenvalue weighted by molar-refractivity contribution is -0.123. The first-order valence-corrected chi connectivity index (χ1v) is 23.8. The van der Waals surface area contributed by atoms with Crippen LogP contribution in [0.4, 0.5) is 0 Å². The van der Waals surface area contributed by atoms with Gasteiger partial charge in [0.15, 0.2) is 0 Å². The van der Waals surface area contributed by atoms with Crippen molar-refractivity contribution in [2.45, 2.75) is 238 Å². The second kappa shape index (κ2) is 39.9. The summed E-state index contributed by atoms with van der Waals surface area (Å²) < 4.78 is 22.2. The highest BCUT2D eigenvalue weighted by atomic mass is 31.2. The third-order valence-corrected chi connectivity index (χ3v) is 11.1. The average molecular weight is 759 g/mol. The number of phosphoric ester groups is 1. The molecule has 0 radical (unpaired) electrons. The van der Waals surface area contributed by atoms with Crippen LogP contribution in [0, 0.1) is 0 Å². The van der Waals surface area contributed by atoms with Crippen LogP contribution >= 0.6 is 7.82 Å². The SMILES string of the molecule is CCCCCCC/C=C\CCCCCCCC(=O)NC(COP(=O)(O)OCCN)C(O)CCCCCCCCCCCCCCCCCCCCC. The molecule has 0 aromatic rings. The Morgan fingerprint density at radius 1 is 0.615 bits per heavy atom. The number of nitrogens with one attached hydrogen (secondary N) is 1. The molecule has 0 aromatic carbocycles. The Kier molecular flexibility index (Phi) is 39.3. The van der Waals surface area contributed by atoms with Crippen molar-refractivity contribution in [3.05, 3.63) is 12.2 Å². The average Bonchev–Trinajstić information content (AvgIpc) is 3.13. The van der Waals surface area contributed by atoms with Crippen molar-refractivity contribution in [1.29, 1.82) is 0 Å². The van der Waals surface area contributed by atoms with Gasteiger partial charge in [-0.25, -0.2) is 4.57 Å². The predicted molar refractivity (Wildman–Crippen MR) is 222 cm³/mol. The predicted octanol–water partition coefficient (Wildman–Crippen LogP) is 12.4. The van der Waals surface area contributed by atoms with E-state index in [9.17, 15) is 19.4 Å². The topological polar surface area (TPSA) is 131 Å². The van der Waals surface area contributed by atoms with Crippen LogP contribution in [0.2, 0.25) is 0 Å². The van der Waals surface area contributed by atoms with Gasteiger partial charge in [-0.05, 0) is 38.5 Å². The molecule has 0 heterocycles. The number of hydrogen-bond acceptors (Lipinski definition) is 6. The van der Waals surface area contributed by atoms with Gasteiger partial charge in [-0.3, -0.25) is 13.8 Å². The Balaban J connectivity index is 4.12. The molecule has 8 nitrogen and oxygen atoms in total. The summed E-state index contributed by atoms with van der Waals surface area (Å²) >= 11 is 0. The third kappa shape index (κ3) is 37.6. The van der Waals surface area contributed by atoms with Crippen LogP contribution in [0.15, 0.2) is 12.2 Å². The Morgan fingerprint density at radius 2 is 1.00 bits per heavy atom. The summed E-state index contributed by atoms with van der Waals surface area (Å²) in [5, 5.41) is 13.8. The van der Waals surface area contributed by atoms with E-state index in [0.717, 1.165) is 51.4 Å². The normalized spacial score (nSPS) is 14.2. The minimum Gasteiger partial charge on any atom is -0.391 e. The molecule has 0 fully saturated rings. The van der Waals surface area contributed by atoms with E-state index in [-0.39, 0.29) is 25.7 Å². The molecule has 1 amide bonds. The van der Waals surface area contributed by atoms with Gasteiger partial charge in [0.25, 0.3) is 0 Å². The molecule has 3 atom stereocenters. The molecule has 0 aromatic heterocycles. The Hall–Kier alpha value is -0.760. The fourth-order valence-corrected chi connectivity index (χ4v) is 7.48. The van der Waals surface area contributed by atoms with Crippen LogP contribution in [0.5, 0.6) is 0 Å². The van der Waals surface area contributed by atoms with Crippen molar-refractivity contribution in [3.63, 3.8) is 0 Å². The Morgan fingerprint density at radius 3 is 1.42 bits per heavy atom. The Bertz CT molecular complexity index is 829. The molecule has 0 aliphatic rings. The van der Waals surface area contributed by atoms with E-state index in [4.69, 9.17) is 14.8 Å². The standard InChI is InChI=1S/C43H87N2O6P/c1-3-5-7-9-11-13-15-17-19-20-21-22-23-24-26-28-30-32-34-36-42(46)41(40-51-52(48,49)50-39-38-44)45-43(47)37-35-33-31-29-27-25-18-16-14-12-10-8-6-4-2/h16,18,41-42,46H,3-15,17,19-40,44H2,1-2H3,(H,45,47)(H,48,49)/b18-16-. The molecule has 0 saturated heterocycles. The number of phosphoric acid groups is 1. The molecule has 0 saturated carbocycles. The smallest absolute Gasteiger partial charge is 0.391 e. The fraction of sp³-hybridized carbons (Fsp3) is 0.930. The molecular weight excluding hydrogens is 671 g/mol. The van der Waals surface area contributed by atoms with Gasteiger partial charge in [-0.2, -0.15) is 0 Å². The maximum atomic E-state index is 12.8. The van der Waals surface area contributed by atoms with Gasteiger partial charge >= 0.3 is 7.82 Å². The lowest BCUT2D eigenvalue weighted by Gasteiger charge is -2.25. The summed E-state index contributed by atoms with van der Waals surface area (Å²) in [5.41, 5.74) is 5.38. The second-order valence-electron chi connectivity index (χ2n) is 15.3. The number of carbonyl (C=O) groups is 1. The maximum Gasteiger partial charge on any atom is 0.472 e. The number of aliphatic hydroxyl groups is 1. The summed E-state index contributed by atoms with van der Waals surface area (Å²) in [7, 11) is -4.31. The highest BCUT2D eigenvalue weighted by molar-refractivity contribution is 7.47. The highest BCUT2D eigenvalue weighted by Crippen LogP contribution is 2.43. The molecule has 52 heavy (non-hydrogen) atoms. The number of rotatable bonds is 42. The highest BCUT2D eigenvalue weighted by Gasteiger charge is 2.27. The zero-order chi connectivity index (χ0) is 38.2. The number of allylic oxidation sites excluding steroid dienone is 2. The van der Waals surface area contributed by atoms with Crippen molar-refractivity contribution in [2.24, 2.45) is 5.73 Å². The van der Waals surface area contributed by atoms with E-state index in [1.165, 1.54) is 148 Å². The zero-order valence-electron chi connectivity index (χ0n) is 34.3. The molecular formula is C43H87N2O6P. The second-order valence-corrected chi connectivity index (χ2v) is 16.7. The number of carbonyl (C=O) groups excluding carboxylic acids is 1. The van der Waals surface area contributed by atoms with E-state index >= 15 is 0 Å². The molecule has 0 bridgehead atoms. The minimum atomic E-state index is -4.31. The van der Waals surface area contributed by atoms with Gasteiger partial charge in [-0.1, -0.05) is 193 Å². The zero-order valence-corrected chi connectivity index (χ0v) is 35.2. The number of amides is 1. The largest absolute Gasteiger partial charge is 0.472 e. The van der Waals surface area contributed by atoms with Crippen LogP contribution in [-0.4, -0.2) is 47.8 Å². The molecule has 9 heteroatoms. The number of unbranched alkanes of at least 4 members (excludes halogenated alkanes) is 28. The van der Waals surface area contributed by atoms with Gasteiger partial charge in [0.1, 0.15) is 0 Å².